The molecule has 1 amide bonds. The van der Waals surface area contributed by atoms with E-state index in [0.29, 0.717) is 5.02 Å². The molecular weight excluding hydrogens is 410 g/mol. The van der Waals surface area contributed by atoms with Gasteiger partial charge in [0.25, 0.3) is 0 Å². The molecule has 0 bridgehead atoms. The van der Waals surface area contributed by atoms with Crippen LogP contribution in [0, 0.1) is 0 Å². The molecule has 1 heterocycles. The number of halogens is 1. The number of nitrogens with one attached hydrogen (secondary N) is 1. The zero-order chi connectivity index (χ0) is 20.7. The SMILES string of the molecule is O=C(CN(Cc1ccccc1)S(=O)(=O)c1ccc(Cl)cc1)NCc1cccnc1. The van der Waals surface area contributed by atoms with Crippen LogP contribution in [0.25, 0.3) is 0 Å². The number of hydrogen-bond donors (Lipinski definition) is 1. The minimum atomic E-state index is -3.89. The third-order valence-electron chi connectivity index (χ3n) is 4.19. The quantitative estimate of drug-likeness (QED) is 0.596. The average Bonchev–Trinajstić information content (AvgIpc) is 2.73. The molecule has 1 N–H and O–H groups in total. The van der Waals surface area contributed by atoms with Gasteiger partial charge in [-0.2, -0.15) is 4.31 Å². The Morgan fingerprint density at radius 3 is 2.31 bits per heavy atom. The first-order valence-corrected chi connectivity index (χ1v) is 10.7. The van der Waals surface area contributed by atoms with Crippen LogP contribution in [0.5, 0.6) is 0 Å². The van der Waals surface area contributed by atoms with Crippen molar-refractivity contribution in [2.75, 3.05) is 6.54 Å². The lowest BCUT2D eigenvalue weighted by molar-refractivity contribution is -0.121. The second-order valence-electron chi connectivity index (χ2n) is 6.35. The van der Waals surface area contributed by atoms with Gasteiger partial charge in [-0.05, 0) is 41.5 Å². The average molecular weight is 430 g/mol. The van der Waals surface area contributed by atoms with Crippen LogP contribution >= 0.6 is 11.6 Å². The third-order valence-corrected chi connectivity index (χ3v) is 6.24. The predicted octanol–water partition coefficient (Wildman–Crippen LogP) is 3.24. The summed E-state index contributed by atoms with van der Waals surface area (Å²) < 4.78 is 27.5. The molecule has 1 aromatic heterocycles. The van der Waals surface area contributed by atoms with Gasteiger partial charge in [-0.3, -0.25) is 9.78 Å². The maximum absolute atomic E-state index is 13.2. The highest BCUT2D eigenvalue weighted by Crippen LogP contribution is 2.20. The second kappa shape index (κ2) is 9.65. The van der Waals surface area contributed by atoms with Gasteiger partial charge >= 0.3 is 0 Å². The Hall–Kier alpha value is -2.74. The van der Waals surface area contributed by atoms with Crippen molar-refractivity contribution in [1.29, 1.82) is 0 Å². The van der Waals surface area contributed by atoms with E-state index in [0.717, 1.165) is 15.4 Å². The predicted molar refractivity (Wildman–Crippen MR) is 112 cm³/mol. The highest BCUT2D eigenvalue weighted by Gasteiger charge is 2.26. The fourth-order valence-corrected chi connectivity index (χ4v) is 4.20. The highest BCUT2D eigenvalue weighted by atomic mass is 35.5. The number of benzene rings is 2. The van der Waals surface area contributed by atoms with Crippen LogP contribution in [0.1, 0.15) is 11.1 Å². The molecule has 0 fully saturated rings. The fraction of sp³-hybridized carbons (Fsp3) is 0.143. The molecule has 3 rings (SSSR count). The maximum atomic E-state index is 13.2. The number of rotatable bonds is 8. The van der Waals surface area contributed by atoms with Gasteiger partial charge in [-0.25, -0.2) is 8.42 Å². The van der Waals surface area contributed by atoms with Gasteiger partial charge in [-0.15, -0.1) is 0 Å². The molecule has 0 aliphatic rings. The Bertz CT molecular complexity index is 1040. The van der Waals surface area contributed by atoms with Gasteiger partial charge < -0.3 is 5.32 Å². The van der Waals surface area contributed by atoms with Gasteiger partial charge in [0, 0.05) is 30.5 Å². The van der Waals surface area contributed by atoms with Crippen molar-refractivity contribution in [2.45, 2.75) is 18.0 Å². The molecule has 3 aromatic rings. The van der Waals surface area contributed by atoms with E-state index >= 15 is 0 Å². The van der Waals surface area contributed by atoms with Crippen LogP contribution in [-0.2, 0) is 27.9 Å². The third kappa shape index (κ3) is 5.87. The van der Waals surface area contributed by atoms with E-state index in [-0.39, 0.29) is 24.5 Å². The van der Waals surface area contributed by atoms with E-state index in [1.54, 1.807) is 18.5 Å². The molecule has 150 valence electrons. The van der Waals surface area contributed by atoms with E-state index in [9.17, 15) is 13.2 Å². The van der Waals surface area contributed by atoms with Gasteiger partial charge in [-0.1, -0.05) is 48.0 Å². The molecule has 0 aliphatic carbocycles. The summed E-state index contributed by atoms with van der Waals surface area (Å²) in [5.41, 5.74) is 1.61. The summed E-state index contributed by atoms with van der Waals surface area (Å²) in [4.78, 5) is 16.6. The van der Waals surface area contributed by atoms with Crippen LogP contribution in [0.15, 0.2) is 84.0 Å². The van der Waals surface area contributed by atoms with Crippen molar-refractivity contribution in [3.8, 4) is 0 Å². The number of carbonyl (C=O) groups is 1. The van der Waals surface area contributed by atoms with Crippen molar-refractivity contribution < 1.29 is 13.2 Å². The summed E-state index contributed by atoms with van der Waals surface area (Å²) >= 11 is 5.88. The highest BCUT2D eigenvalue weighted by molar-refractivity contribution is 7.89. The summed E-state index contributed by atoms with van der Waals surface area (Å²) in [7, 11) is -3.89. The zero-order valence-corrected chi connectivity index (χ0v) is 17.1. The molecule has 6 nitrogen and oxygen atoms in total. The first-order chi connectivity index (χ1) is 13.9. The zero-order valence-electron chi connectivity index (χ0n) is 15.5. The number of amides is 1. The lowest BCUT2D eigenvalue weighted by atomic mass is 10.2. The van der Waals surface area contributed by atoms with Crippen LogP contribution in [0.4, 0.5) is 0 Å². The van der Waals surface area contributed by atoms with Crippen molar-refractivity contribution in [3.05, 3.63) is 95.3 Å². The van der Waals surface area contributed by atoms with Crippen molar-refractivity contribution in [1.82, 2.24) is 14.6 Å². The van der Waals surface area contributed by atoms with Crippen molar-refractivity contribution in [3.63, 3.8) is 0 Å². The van der Waals surface area contributed by atoms with Gasteiger partial charge in [0.2, 0.25) is 15.9 Å². The number of aromatic nitrogens is 1. The van der Waals surface area contributed by atoms with Crippen LogP contribution in [-0.4, -0.2) is 30.2 Å². The van der Waals surface area contributed by atoms with E-state index in [1.807, 2.05) is 36.4 Å². The molecular formula is C21H20ClN3O3S. The number of nitrogens with zero attached hydrogens (tertiary/aromatic N) is 2. The molecule has 0 saturated carbocycles. The Balaban J connectivity index is 1.78. The lowest BCUT2D eigenvalue weighted by Crippen LogP contribution is -2.40. The van der Waals surface area contributed by atoms with Gasteiger partial charge in [0.15, 0.2) is 0 Å². The Kier molecular flexibility index (Phi) is 6.98. The summed E-state index contributed by atoms with van der Waals surface area (Å²) in [6.45, 7) is 0.0407. The first-order valence-electron chi connectivity index (χ1n) is 8.90. The standard InChI is InChI=1S/C21H20ClN3O3S/c22-19-8-10-20(11-9-19)29(27,28)25(15-17-5-2-1-3-6-17)16-21(26)24-14-18-7-4-12-23-13-18/h1-13H,14-16H2,(H,24,26). The molecule has 2 aromatic carbocycles. The number of carbonyl (C=O) groups excluding carboxylic acids is 1. The minimum absolute atomic E-state index is 0.0755. The normalized spacial score (nSPS) is 11.4. The summed E-state index contributed by atoms with van der Waals surface area (Å²) in [6, 6.07) is 18.6. The Labute approximate surface area is 175 Å². The molecule has 0 saturated heterocycles. The number of hydrogen-bond acceptors (Lipinski definition) is 4. The summed E-state index contributed by atoms with van der Waals surface area (Å²) in [6.07, 6.45) is 3.29. The van der Waals surface area contributed by atoms with E-state index in [2.05, 4.69) is 10.3 Å². The van der Waals surface area contributed by atoms with E-state index in [1.165, 1.54) is 24.3 Å². The fourth-order valence-electron chi connectivity index (χ4n) is 2.69. The molecule has 0 atom stereocenters. The van der Waals surface area contributed by atoms with Crippen molar-refractivity contribution in [2.24, 2.45) is 0 Å². The van der Waals surface area contributed by atoms with Crippen molar-refractivity contribution >= 4 is 27.5 Å². The Morgan fingerprint density at radius 2 is 1.66 bits per heavy atom. The van der Waals surface area contributed by atoms with Crippen LogP contribution in [0.3, 0.4) is 0 Å². The molecule has 8 heteroatoms. The van der Waals surface area contributed by atoms with Crippen LogP contribution < -0.4 is 5.32 Å². The topological polar surface area (TPSA) is 79.4 Å². The molecule has 0 aliphatic heterocycles. The van der Waals surface area contributed by atoms with Crippen LogP contribution in [0.2, 0.25) is 5.02 Å². The number of sulfonamides is 1. The second-order valence-corrected chi connectivity index (χ2v) is 8.72. The molecule has 29 heavy (non-hydrogen) atoms. The van der Waals surface area contributed by atoms with Gasteiger partial charge in [0.05, 0.1) is 11.4 Å². The van der Waals surface area contributed by atoms with E-state index in [4.69, 9.17) is 11.6 Å². The minimum Gasteiger partial charge on any atom is -0.351 e. The van der Waals surface area contributed by atoms with Gasteiger partial charge in [0.1, 0.15) is 0 Å². The molecule has 0 radical (unpaired) electrons. The summed E-state index contributed by atoms with van der Waals surface area (Å²) in [5.74, 6) is -0.401. The largest absolute Gasteiger partial charge is 0.351 e. The number of pyridine rings is 1. The summed E-state index contributed by atoms with van der Waals surface area (Å²) in [5, 5.41) is 3.18. The smallest absolute Gasteiger partial charge is 0.243 e. The molecule has 0 spiro atoms. The lowest BCUT2D eigenvalue weighted by Gasteiger charge is -2.22. The molecule has 0 unspecified atom stereocenters. The van der Waals surface area contributed by atoms with E-state index < -0.39 is 15.9 Å². The Morgan fingerprint density at radius 1 is 0.966 bits per heavy atom. The first kappa shape index (κ1) is 21.0. The monoisotopic (exact) mass is 429 g/mol. The maximum Gasteiger partial charge on any atom is 0.243 e.